The summed E-state index contributed by atoms with van der Waals surface area (Å²) in [5.41, 5.74) is 1.50. The van der Waals surface area contributed by atoms with Gasteiger partial charge < -0.3 is 24.8 Å². The second-order valence-electron chi connectivity index (χ2n) is 6.45. The molecule has 0 bridgehead atoms. The van der Waals surface area contributed by atoms with E-state index in [0.717, 1.165) is 12.8 Å². The number of amides is 2. The third-order valence-corrected chi connectivity index (χ3v) is 4.67. The summed E-state index contributed by atoms with van der Waals surface area (Å²) in [5.74, 6) is 0.905. The van der Waals surface area contributed by atoms with Gasteiger partial charge in [-0.2, -0.15) is 0 Å². The van der Waals surface area contributed by atoms with Crippen molar-refractivity contribution in [1.82, 2.24) is 0 Å². The molecule has 2 amide bonds. The summed E-state index contributed by atoms with van der Waals surface area (Å²) in [7, 11) is 4.53. The van der Waals surface area contributed by atoms with Gasteiger partial charge in [0.15, 0.2) is 11.5 Å². The Morgan fingerprint density at radius 2 is 1.48 bits per heavy atom. The maximum Gasteiger partial charge on any atom is 0.255 e. The van der Waals surface area contributed by atoms with Gasteiger partial charge in [0.25, 0.3) is 5.91 Å². The van der Waals surface area contributed by atoms with Crippen molar-refractivity contribution >= 4 is 23.2 Å². The zero-order valence-corrected chi connectivity index (χ0v) is 17.5. The molecule has 0 heterocycles. The molecule has 0 aliphatic rings. The molecule has 7 heteroatoms. The average Bonchev–Trinajstić information content (AvgIpc) is 2.73. The van der Waals surface area contributed by atoms with Gasteiger partial charge >= 0.3 is 0 Å². The van der Waals surface area contributed by atoms with Gasteiger partial charge in [-0.3, -0.25) is 9.59 Å². The van der Waals surface area contributed by atoms with Crippen molar-refractivity contribution in [3.8, 4) is 17.2 Å². The van der Waals surface area contributed by atoms with Crippen LogP contribution in [0.3, 0.4) is 0 Å². The summed E-state index contributed by atoms with van der Waals surface area (Å²) in [6.07, 6.45) is 1.54. The highest BCUT2D eigenvalue weighted by Gasteiger charge is 2.17. The van der Waals surface area contributed by atoms with Crippen molar-refractivity contribution in [2.75, 3.05) is 32.0 Å². The number of rotatable bonds is 9. The molecule has 2 N–H and O–H groups in total. The van der Waals surface area contributed by atoms with Crippen LogP contribution in [0.4, 0.5) is 11.4 Å². The first-order valence-electron chi connectivity index (χ1n) is 9.49. The molecule has 0 spiro atoms. The van der Waals surface area contributed by atoms with Crippen molar-refractivity contribution in [2.24, 2.45) is 5.92 Å². The molecule has 2 aromatic carbocycles. The monoisotopic (exact) mass is 400 g/mol. The SMILES string of the molecule is CCC(CC)C(=O)Nc1cccc(C(=O)Nc2cc(OC)c(OC)c(OC)c2)c1. The molecule has 0 saturated heterocycles. The summed E-state index contributed by atoms with van der Waals surface area (Å²) in [6, 6.07) is 10.1. The van der Waals surface area contributed by atoms with Crippen LogP contribution in [0.1, 0.15) is 37.0 Å². The Kier molecular flexibility index (Phi) is 7.88. The van der Waals surface area contributed by atoms with Crippen LogP contribution < -0.4 is 24.8 Å². The molecule has 0 fully saturated rings. The molecule has 2 aromatic rings. The fourth-order valence-electron chi connectivity index (χ4n) is 3.00. The molecule has 0 aliphatic carbocycles. The number of hydrogen-bond donors (Lipinski definition) is 2. The van der Waals surface area contributed by atoms with Gasteiger partial charge in [-0.1, -0.05) is 19.9 Å². The summed E-state index contributed by atoms with van der Waals surface area (Å²) in [5, 5.41) is 5.70. The quantitative estimate of drug-likeness (QED) is 0.654. The molecule has 7 nitrogen and oxygen atoms in total. The molecule has 2 rings (SSSR count). The topological polar surface area (TPSA) is 85.9 Å². The van der Waals surface area contributed by atoms with Crippen LogP contribution in [0.15, 0.2) is 36.4 Å². The van der Waals surface area contributed by atoms with Crippen molar-refractivity contribution in [2.45, 2.75) is 26.7 Å². The largest absolute Gasteiger partial charge is 0.493 e. The van der Waals surface area contributed by atoms with E-state index in [2.05, 4.69) is 10.6 Å². The van der Waals surface area contributed by atoms with Gasteiger partial charge in [0.2, 0.25) is 11.7 Å². The lowest BCUT2D eigenvalue weighted by Gasteiger charge is -2.15. The minimum Gasteiger partial charge on any atom is -0.493 e. The molecule has 0 aliphatic heterocycles. The number of methoxy groups -OCH3 is 3. The third kappa shape index (κ3) is 5.40. The van der Waals surface area contributed by atoms with Gasteiger partial charge in [0, 0.05) is 35.0 Å². The van der Waals surface area contributed by atoms with E-state index in [4.69, 9.17) is 14.2 Å². The Morgan fingerprint density at radius 1 is 0.862 bits per heavy atom. The molecule has 0 radical (unpaired) electrons. The zero-order valence-electron chi connectivity index (χ0n) is 17.5. The summed E-state index contributed by atoms with van der Waals surface area (Å²) in [4.78, 5) is 25.0. The lowest BCUT2D eigenvalue weighted by Crippen LogP contribution is -2.22. The highest BCUT2D eigenvalue weighted by molar-refractivity contribution is 6.05. The third-order valence-electron chi connectivity index (χ3n) is 4.67. The lowest BCUT2D eigenvalue weighted by molar-refractivity contribution is -0.120. The first kappa shape index (κ1) is 22.1. The van der Waals surface area contributed by atoms with E-state index >= 15 is 0 Å². The normalized spacial score (nSPS) is 10.4. The summed E-state index contributed by atoms with van der Waals surface area (Å²) in [6.45, 7) is 3.96. The second-order valence-corrected chi connectivity index (χ2v) is 6.45. The van der Waals surface area contributed by atoms with E-state index in [1.54, 1.807) is 36.4 Å². The maximum atomic E-state index is 12.7. The molecule has 0 atom stereocenters. The number of carbonyl (C=O) groups excluding carboxylic acids is 2. The van der Waals surface area contributed by atoms with E-state index < -0.39 is 0 Å². The van der Waals surface area contributed by atoms with Crippen molar-refractivity contribution in [3.05, 3.63) is 42.0 Å². The second kappa shape index (κ2) is 10.4. The van der Waals surface area contributed by atoms with Crippen LogP contribution in [0.25, 0.3) is 0 Å². The van der Waals surface area contributed by atoms with Crippen LogP contribution in [0, 0.1) is 5.92 Å². The Hall–Kier alpha value is -3.22. The van der Waals surface area contributed by atoms with E-state index in [1.807, 2.05) is 13.8 Å². The zero-order chi connectivity index (χ0) is 21.4. The Balaban J connectivity index is 2.20. The Morgan fingerprint density at radius 3 is 2.00 bits per heavy atom. The van der Waals surface area contributed by atoms with Gasteiger partial charge in [0.05, 0.1) is 21.3 Å². The predicted molar refractivity (Wildman–Crippen MR) is 113 cm³/mol. The standard InChI is InChI=1S/C22H28N2O5/c1-6-14(7-2)21(25)23-16-10-8-9-15(11-16)22(26)24-17-12-18(27-3)20(29-5)19(13-17)28-4/h8-14H,6-7H2,1-5H3,(H,23,25)(H,24,26). The first-order valence-corrected chi connectivity index (χ1v) is 9.49. The average molecular weight is 400 g/mol. The Bertz CT molecular complexity index is 837. The fourth-order valence-corrected chi connectivity index (χ4v) is 3.00. The number of hydrogen-bond acceptors (Lipinski definition) is 5. The molecule has 29 heavy (non-hydrogen) atoms. The van der Waals surface area contributed by atoms with Crippen molar-refractivity contribution in [1.29, 1.82) is 0 Å². The number of carbonyl (C=O) groups is 2. The van der Waals surface area contributed by atoms with Gasteiger partial charge in [0.1, 0.15) is 0 Å². The van der Waals surface area contributed by atoms with Crippen LogP contribution >= 0.6 is 0 Å². The molecule has 156 valence electrons. The molecule has 0 unspecified atom stereocenters. The Labute approximate surface area is 171 Å². The summed E-state index contributed by atoms with van der Waals surface area (Å²) >= 11 is 0. The maximum absolute atomic E-state index is 12.7. The lowest BCUT2D eigenvalue weighted by atomic mass is 10.0. The van der Waals surface area contributed by atoms with Gasteiger partial charge in [-0.15, -0.1) is 0 Å². The fraction of sp³-hybridized carbons (Fsp3) is 0.364. The van der Waals surface area contributed by atoms with Crippen LogP contribution in [-0.4, -0.2) is 33.1 Å². The number of ether oxygens (including phenoxy) is 3. The predicted octanol–water partition coefficient (Wildman–Crippen LogP) is 4.34. The van der Waals surface area contributed by atoms with Gasteiger partial charge in [-0.25, -0.2) is 0 Å². The van der Waals surface area contributed by atoms with Gasteiger partial charge in [-0.05, 0) is 31.0 Å². The highest BCUT2D eigenvalue weighted by Crippen LogP contribution is 2.40. The molecular weight excluding hydrogens is 372 g/mol. The highest BCUT2D eigenvalue weighted by atomic mass is 16.5. The van der Waals surface area contributed by atoms with E-state index in [-0.39, 0.29) is 17.7 Å². The van der Waals surface area contributed by atoms with Crippen LogP contribution in [0.2, 0.25) is 0 Å². The molecule has 0 aromatic heterocycles. The smallest absolute Gasteiger partial charge is 0.255 e. The number of benzene rings is 2. The minimum absolute atomic E-state index is 0.0443. The minimum atomic E-state index is -0.321. The molecule has 0 saturated carbocycles. The van der Waals surface area contributed by atoms with E-state index in [9.17, 15) is 9.59 Å². The van der Waals surface area contributed by atoms with Crippen LogP contribution in [0.5, 0.6) is 17.2 Å². The van der Waals surface area contributed by atoms with Crippen molar-refractivity contribution < 1.29 is 23.8 Å². The van der Waals surface area contributed by atoms with Crippen LogP contribution in [-0.2, 0) is 4.79 Å². The van der Waals surface area contributed by atoms with Crippen molar-refractivity contribution in [3.63, 3.8) is 0 Å². The first-order chi connectivity index (χ1) is 14.0. The van der Waals surface area contributed by atoms with E-state index in [1.165, 1.54) is 21.3 Å². The number of nitrogens with one attached hydrogen (secondary N) is 2. The number of anilines is 2. The van der Waals surface area contributed by atoms with E-state index in [0.29, 0.717) is 34.2 Å². The summed E-state index contributed by atoms with van der Waals surface area (Å²) < 4.78 is 15.9. The molecular formula is C22H28N2O5.